The standard InChI is InChI=1S/C10H13FN2O6S2/c1-19-10(14)4-5-20(15,16)13-8-6-7(11)2-3-9(8)21(12,17)18/h2-3,6,13H,4-5H2,1H3,(H2,12,17,18). The van der Waals surface area contributed by atoms with E-state index in [1.807, 2.05) is 4.72 Å². The van der Waals surface area contributed by atoms with Gasteiger partial charge in [-0.1, -0.05) is 0 Å². The van der Waals surface area contributed by atoms with E-state index in [4.69, 9.17) is 5.14 Å². The molecule has 3 N–H and O–H groups in total. The molecule has 11 heteroatoms. The highest BCUT2D eigenvalue weighted by molar-refractivity contribution is 7.93. The van der Waals surface area contributed by atoms with Gasteiger partial charge in [-0.05, 0) is 18.2 Å². The number of halogens is 1. The van der Waals surface area contributed by atoms with Crippen molar-refractivity contribution in [2.45, 2.75) is 11.3 Å². The number of hydrogen-bond donors (Lipinski definition) is 2. The van der Waals surface area contributed by atoms with Crippen LogP contribution in [0.15, 0.2) is 23.1 Å². The van der Waals surface area contributed by atoms with Gasteiger partial charge in [0.15, 0.2) is 0 Å². The number of ether oxygens (including phenoxy) is 1. The maximum Gasteiger partial charge on any atom is 0.306 e. The summed E-state index contributed by atoms with van der Waals surface area (Å²) in [6.07, 6.45) is -0.439. The van der Waals surface area contributed by atoms with Crippen molar-refractivity contribution in [2.75, 3.05) is 17.6 Å². The molecule has 1 aromatic rings. The Balaban J connectivity index is 3.07. The second-order valence-electron chi connectivity index (χ2n) is 3.93. The lowest BCUT2D eigenvalue weighted by Crippen LogP contribution is -2.22. The molecule has 0 atom stereocenters. The van der Waals surface area contributed by atoms with Crippen LogP contribution in [0.4, 0.5) is 10.1 Å². The Labute approximate surface area is 121 Å². The summed E-state index contributed by atoms with van der Waals surface area (Å²) in [5.41, 5.74) is -0.526. The summed E-state index contributed by atoms with van der Waals surface area (Å²) in [6, 6.07) is 2.34. The van der Waals surface area contributed by atoms with Crippen molar-refractivity contribution in [3.8, 4) is 0 Å². The van der Waals surface area contributed by atoms with Crippen LogP contribution in [0.25, 0.3) is 0 Å². The molecule has 0 aliphatic heterocycles. The molecule has 0 amide bonds. The lowest BCUT2D eigenvalue weighted by molar-refractivity contribution is -0.140. The van der Waals surface area contributed by atoms with E-state index in [0.717, 1.165) is 19.2 Å². The van der Waals surface area contributed by atoms with Gasteiger partial charge in [0.1, 0.15) is 10.7 Å². The number of sulfonamides is 2. The average molecular weight is 340 g/mol. The second-order valence-corrected chi connectivity index (χ2v) is 7.30. The van der Waals surface area contributed by atoms with Crippen LogP contribution in [0.5, 0.6) is 0 Å². The van der Waals surface area contributed by atoms with Crippen LogP contribution in [0, 0.1) is 5.82 Å². The third-order valence-corrected chi connectivity index (χ3v) is 4.56. The Morgan fingerprint density at radius 2 is 1.95 bits per heavy atom. The molecule has 0 saturated carbocycles. The van der Waals surface area contributed by atoms with Gasteiger partial charge in [-0.2, -0.15) is 0 Å². The van der Waals surface area contributed by atoms with E-state index < -0.39 is 54.6 Å². The first-order valence-electron chi connectivity index (χ1n) is 5.45. The van der Waals surface area contributed by atoms with Crippen molar-refractivity contribution >= 4 is 31.7 Å². The highest BCUT2D eigenvalue weighted by Crippen LogP contribution is 2.22. The van der Waals surface area contributed by atoms with Crippen LogP contribution < -0.4 is 9.86 Å². The van der Waals surface area contributed by atoms with E-state index in [9.17, 15) is 26.0 Å². The Bertz CT molecular complexity index is 745. The molecule has 1 rings (SSSR count). The molecule has 0 aliphatic carbocycles. The SMILES string of the molecule is COC(=O)CCS(=O)(=O)Nc1cc(F)ccc1S(N)(=O)=O. The van der Waals surface area contributed by atoms with Crippen molar-refractivity contribution in [3.05, 3.63) is 24.0 Å². The molecule has 0 saturated heterocycles. The lowest BCUT2D eigenvalue weighted by Gasteiger charge is -2.11. The minimum atomic E-state index is -4.24. The van der Waals surface area contributed by atoms with E-state index in [1.54, 1.807) is 0 Å². The molecule has 0 heterocycles. The number of hydrogen-bond acceptors (Lipinski definition) is 6. The fourth-order valence-corrected chi connectivity index (χ4v) is 3.15. The monoisotopic (exact) mass is 340 g/mol. The first kappa shape index (κ1) is 17.3. The highest BCUT2D eigenvalue weighted by atomic mass is 32.2. The molecule has 0 spiro atoms. The molecular formula is C10H13FN2O6S2. The molecule has 0 fully saturated rings. The van der Waals surface area contributed by atoms with Gasteiger partial charge in [-0.25, -0.2) is 26.4 Å². The molecule has 21 heavy (non-hydrogen) atoms. The average Bonchev–Trinajstić information content (AvgIpc) is 2.34. The van der Waals surface area contributed by atoms with Crippen molar-refractivity contribution in [1.82, 2.24) is 0 Å². The van der Waals surface area contributed by atoms with Crippen LogP contribution >= 0.6 is 0 Å². The molecular weight excluding hydrogens is 327 g/mol. The fraction of sp³-hybridized carbons (Fsp3) is 0.300. The van der Waals surface area contributed by atoms with E-state index in [1.165, 1.54) is 0 Å². The normalized spacial score (nSPS) is 12.0. The first-order chi connectivity index (χ1) is 9.55. The third kappa shape index (κ3) is 5.28. The van der Waals surface area contributed by atoms with Crippen LogP contribution in [0.3, 0.4) is 0 Å². The summed E-state index contributed by atoms with van der Waals surface area (Å²) in [7, 11) is -7.23. The predicted octanol–water partition coefficient (Wildman–Crippen LogP) is -0.222. The molecule has 8 nitrogen and oxygen atoms in total. The Morgan fingerprint density at radius 3 is 2.48 bits per heavy atom. The van der Waals surface area contributed by atoms with Crippen LogP contribution in [-0.4, -0.2) is 35.7 Å². The van der Waals surface area contributed by atoms with Crippen LogP contribution in [0.2, 0.25) is 0 Å². The van der Waals surface area contributed by atoms with Crippen molar-refractivity contribution in [3.63, 3.8) is 0 Å². The maximum atomic E-state index is 13.1. The number of rotatable bonds is 6. The third-order valence-electron chi connectivity index (χ3n) is 2.32. The smallest absolute Gasteiger partial charge is 0.306 e. The summed E-state index contributed by atoms with van der Waals surface area (Å²) in [5.74, 6) is -2.26. The quantitative estimate of drug-likeness (QED) is 0.688. The summed E-state index contributed by atoms with van der Waals surface area (Å²) in [6.45, 7) is 0. The zero-order valence-electron chi connectivity index (χ0n) is 10.9. The number of primary sulfonamides is 1. The summed E-state index contributed by atoms with van der Waals surface area (Å²) >= 11 is 0. The Kier molecular flexibility index (Phi) is 5.25. The van der Waals surface area contributed by atoms with Crippen molar-refractivity contribution in [1.29, 1.82) is 0 Å². The molecule has 1 aromatic carbocycles. The van der Waals surface area contributed by atoms with E-state index in [0.29, 0.717) is 6.07 Å². The summed E-state index contributed by atoms with van der Waals surface area (Å²) in [4.78, 5) is 10.3. The molecule has 0 aliphatic rings. The number of benzene rings is 1. The predicted molar refractivity (Wildman–Crippen MR) is 71.8 cm³/mol. The van der Waals surface area contributed by atoms with Gasteiger partial charge in [0.2, 0.25) is 20.0 Å². The van der Waals surface area contributed by atoms with Gasteiger partial charge in [0.05, 0.1) is 25.0 Å². The van der Waals surface area contributed by atoms with E-state index >= 15 is 0 Å². The second kappa shape index (κ2) is 6.37. The largest absolute Gasteiger partial charge is 0.469 e. The zero-order valence-corrected chi connectivity index (χ0v) is 12.5. The van der Waals surface area contributed by atoms with Gasteiger partial charge >= 0.3 is 5.97 Å². The van der Waals surface area contributed by atoms with Gasteiger partial charge in [0.25, 0.3) is 0 Å². The number of carbonyl (C=O) groups excluding carboxylic acids is 1. The minimum Gasteiger partial charge on any atom is -0.469 e. The summed E-state index contributed by atoms with van der Waals surface area (Å²) in [5, 5.41) is 4.91. The molecule has 118 valence electrons. The Hall–Kier alpha value is -1.72. The number of anilines is 1. The number of esters is 1. The number of nitrogens with two attached hydrogens (primary N) is 1. The van der Waals surface area contributed by atoms with Crippen LogP contribution in [-0.2, 0) is 29.6 Å². The minimum absolute atomic E-state index is 0.439. The van der Waals surface area contributed by atoms with Gasteiger partial charge in [-0.3, -0.25) is 9.52 Å². The van der Waals surface area contributed by atoms with Crippen molar-refractivity contribution < 1.29 is 30.8 Å². The Morgan fingerprint density at radius 1 is 1.33 bits per heavy atom. The van der Waals surface area contributed by atoms with Gasteiger partial charge < -0.3 is 4.74 Å². The van der Waals surface area contributed by atoms with E-state index in [2.05, 4.69) is 4.74 Å². The fourth-order valence-electron chi connectivity index (χ4n) is 1.37. The zero-order chi connectivity index (χ0) is 16.3. The molecule has 0 aromatic heterocycles. The first-order valence-corrected chi connectivity index (χ1v) is 8.64. The molecule has 0 unspecified atom stereocenters. The van der Waals surface area contributed by atoms with E-state index in [-0.39, 0.29) is 0 Å². The number of methoxy groups -OCH3 is 1. The molecule has 0 bridgehead atoms. The lowest BCUT2D eigenvalue weighted by atomic mass is 10.3. The number of carbonyl (C=O) groups is 1. The van der Waals surface area contributed by atoms with Gasteiger partial charge in [-0.15, -0.1) is 0 Å². The maximum absolute atomic E-state index is 13.1. The highest BCUT2D eigenvalue weighted by Gasteiger charge is 2.20. The van der Waals surface area contributed by atoms with Crippen molar-refractivity contribution in [2.24, 2.45) is 5.14 Å². The summed E-state index contributed by atoms with van der Waals surface area (Å²) < 4.78 is 65.4. The number of nitrogens with one attached hydrogen (secondary N) is 1. The molecule has 0 radical (unpaired) electrons. The van der Waals surface area contributed by atoms with Crippen LogP contribution in [0.1, 0.15) is 6.42 Å². The van der Waals surface area contributed by atoms with Gasteiger partial charge in [0, 0.05) is 0 Å². The topological polar surface area (TPSA) is 133 Å².